The van der Waals surface area contributed by atoms with Crippen LogP contribution in [0.25, 0.3) is 6.08 Å². The second kappa shape index (κ2) is 6.55. The molecule has 2 aromatic rings. The molecular weight excluding hydrogens is 236 g/mol. The average molecular weight is 252 g/mol. The number of allylic oxidation sites excluding steroid dienone is 1. The second-order valence-electron chi connectivity index (χ2n) is 4.07. The molecule has 0 amide bonds. The molecule has 0 fully saturated rings. The SMILES string of the molecule is CCOc1cccc(C=CC(=O)c2ccccc2)c1. The summed E-state index contributed by atoms with van der Waals surface area (Å²) in [4.78, 5) is 11.9. The summed E-state index contributed by atoms with van der Waals surface area (Å²) in [5.41, 5.74) is 1.65. The highest BCUT2D eigenvalue weighted by molar-refractivity contribution is 6.06. The summed E-state index contributed by atoms with van der Waals surface area (Å²) in [6, 6.07) is 16.9. The molecule has 0 aliphatic carbocycles. The minimum atomic E-state index is 0.00223. The largest absolute Gasteiger partial charge is 0.494 e. The molecule has 0 atom stereocenters. The van der Waals surface area contributed by atoms with Crippen molar-refractivity contribution < 1.29 is 9.53 Å². The predicted octanol–water partition coefficient (Wildman–Crippen LogP) is 3.98. The third-order valence-corrected chi connectivity index (χ3v) is 2.65. The van der Waals surface area contributed by atoms with E-state index < -0.39 is 0 Å². The molecule has 0 aliphatic rings. The van der Waals surface area contributed by atoms with Crippen LogP contribution >= 0.6 is 0 Å². The number of benzene rings is 2. The van der Waals surface area contributed by atoms with Gasteiger partial charge < -0.3 is 4.74 Å². The smallest absolute Gasteiger partial charge is 0.185 e. The molecule has 2 nitrogen and oxygen atoms in total. The molecule has 0 spiro atoms. The molecule has 2 aromatic carbocycles. The molecule has 19 heavy (non-hydrogen) atoms. The quantitative estimate of drug-likeness (QED) is 0.594. The molecule has 0 unspecified atom stereocenters. The van der Waals surface area contributed by atoms with Crippen molar-refractivity contribution in [1.29, 1.82) is 0 Å². The fraction of sp³-hybridized carbons (Fsp3) is 0.118. The van der Waals surface area contributed by atoms with Crippen molar-refractivity contribution in [2.45, 2.75) is 6.92 Å². The fourth-order valence-corrected chi connectivity index (χ4v) is 1.75. The van der Waals surface area contributed by atoms with Crippen LogP contribution in [0.4, 0.5) is 0 Å². The second-order valence-corrected chi connectivity index (χ2v) is 4.07. The number of rotatable bonds is 5. The van der Waals surface area contributed by atoms with Crippen LogP contribution in [0.5, 0.6) is 5.75 Å². The Morgan fingerprint density at radius 3 is 2.63 bits per heavy atom. The zero-order valence-corrected chi connectivity index (χ0v) is 10.9. The van der Waals surface area contributed by atoms with Gasteiger partial charge in [-0.2, -0.15) is 0 Å². The van der Waals surface area contributed by atoms with Crippen molar-refractivity contribution in [3.63, 3.8) is 0 Å². The zero-order chi connectivity index (χ0) is 13.5. The Bertz CT molecular complexity index is 571. The normalized spacial score (nSPS) is 10.6. The Labute approximate surface area is 113 Å². The van der Waals surface area contributed by atoms with Gasteiger partial charge in [-0.3, -0.25) is 4.79 Å². The van der Waals surface area contributed by atoms with Crippen molar-refractivity contribution in [3.8, 4) is 5.75 Å². The van der Waals surface area contributed by atoms with Gasteiger partial charge in [0.2, 0.25) is 0 Å². The van der Waals surface area contributed by atoms with Crippen LogP contribution in [0.3, 0.4) is 0 Å². The van der Waals surface area contributed by atoms with Crippen LogP contribution in [0.15, 0.2) is 60.7 Å². The van der Waals surface area contributed by atoms with Crippen LogP contribution in [0.2, 0.25) is 0 Å². The highest BCUT2D eigenvalue weighted by Gasteiger charge is 1.99. The van der Waals surface area contributed by atoms with Crippen LogP contribution < -0.4 is 4.74 Å². The van der Waals surface area contributed by atoms with Crippen molar-refractivity contribution in [2.24, 2.45) is 0 Å². The maximum atomic E-state index is 11.9. The van der Waals surface area contributed by atoms with Gasteiger partial charge in [0.15, 0.2) is 5.78 Å². The Kier molecular flexibility index (Phi) is 4.51. The molecule has 0 heterocycles. The van der Waals surface area contributed by atoms with Crippen molar-refractivity contribution in [2.75, 3.05) is 6.61 Å². The Balaban J connectivity index is 2.10. The van der Waals surface area contributed by atoms with Gasteiger partial charge in [0.25, 0.3) is 0 Å². The highest BCUT2D eigenvalue weighted by Crippen LogP contribution is 2.14. The third-order valence-electron chi connectivity index (χ3n) is 2.65. The molecule has 0 saturated heterocycles. The molecule has 2 rings (SSSR count). The lowest BCUT2D eigenvalue weighted by Gasteiger charge is -2.03. The summed E-state index contributed by atoms with van der Waals surface area (Å²) < 4.78 is 5.42. The van der Waals surface area contributed by atoms with Gasteiger partial charge in [0, 0.05) is 5.56 Å². The molecule has 96 valence electrons. The molecule has 0 N–H and O–H groups in total. The molecule has 2 heteroatoms. The first-order valence-electron chi connectivity index (χ1n) is 6.30. The maximum Gasteiger partial charge on any atom is 0.185 e. The topological polar surface area (TPSA) is 26.3 Å². The molecule has 0 radical (unpaired) electrons. The lowest BCUT2D eigenvalue weighted by molar-refractivity contribution is 0.104. The van der Waals surface area contributed by atoms with Crippen molar-refractivity contribution in [3.05, 3.63) is 71.8 Å². The van der Waals surface area contributed by atoms with E-state index in [9.17, 15) is 4.79 Å². The van der Waals surface area contributed by atoms with Crippen LogP contribution in [-0.4, -0.2) is 12.4 Å². The van der Waals surface area contributed by atoms with E-state index in [1.807, 2.05) is 61.5 Å². The number of ketones is 1. The molecule has 0 aliphatic heterocycles. The van der Waals surface area contributed by atoms with Gasteiger partial charge >= 0.3 is 0 Å². The Morgan fingerprint density at radius 1 is 1.11 bits per heavy atom. The van der Waals surface area contributed by atoms with E-state index >= 15 is 0 Å². The van der Waals surface area contributed by atoms with Gasteiger partial charge in [-0.25, -0.2) is 0 Å². The lowest BCUT2D eigenvalue weighted by Crippen LogP contribution is -1.93. The maximum absolute atomic E-state index is 11.9. The van der Waals surface area contributed by atoms with Gasteiger partial charge in [-0.05, 0) is 30.7 Å². The first kappa shape index (κ1) is 13.1. The van der Waals surface area contributed by atoms with E-state index in [-0.39, 0.29) is 5.78 Å². The van der Waals surface area contributed by atoms with Crippen LogP contribution in [0, 0.1) is 0 Å². The molecule has 0 aromatic heterocycles. The summed E-state index contributed by atoms with van der Waals surface area (Å²) in [5.74, 6) is 0.819. The Morgan fingerprint density at radius 2 is 1.89 bits per heavy atom. The first-order chi connectivity index (χ1) is 9.29. The molecule has 0 saturated carbocycles. The van der Waals surface area contributed by atoms with E-state index in [2.05, 4.69) is 0 Å². The average Bonchev–Trinajstić information content (AvgIpc) is 2.46. The van der Waals surface area contributed by atoms with Gasteiger partial charge in [0.1, 0.15) is 5.75 Å². The van der Waals surface area contributed by atoms with Crippen molar-refractivity contribution in [1.82, 2.24) is 0 Å². The Hall–Kier alpha value is -2.35. The summed E-state index contributed by atoms with van der Waals surface area (Å²) in [6.07, 6.45) is 3.39. The third kappa shape index (κ3) is 3.81. The number of hydrogen-bond donors (Lipinski definition) is 0. The van der Waals surface area contributed by atoms with Gasteiger partial charge in [-0.1, -0.05) is 48.5 Å². The minimum Gasteiger partial charge on any atom is -0.494 e. The number of ether oxygens (including phenoxy) is 1. The predicted molar refractivity (Wildman–Crippen MR) is 77.4 cm³/mol. The number of carbonyl (C=O) groups is 1. The van der Waals surface area contributed by atoms with Gasteiger partial charge in [0.05, 0.1) is 6.61 Å². The van der Waals surface area contributed by atoms with Crippen LogP contribution in [-0.2, 0) is 0 Å². The van der Waals surface area contributed by atoms with E-state index in [4.69, 9.17) is 4.74 Å². The van der Waals surface area contributed by atoms with Crippen molar-refractivity contribution >= 4 is 11.9 Å². The van der Waals surface area contributed by atoms with E-state index in [0.29, 0.717) is 12.2 Å². The summed E-state index contributed by atoms with van der Waals surface area (Å²) >= 11 is 0. The summed E-state index contributed by atoms with van der Waals surface area (Å²) in [6.45, 7) is 2.58. The minimum absolute atomic E-state index is 0.00223. The summed E-state index contributed by atoms with van der Waals surface area (Å²) in [7, 11) is 0. The summed E-state index contributed by atoms with van der Waals surface area (Å²) in [5, 5.41) is 0. The van der Waals surface area contributed by atoms with E-state index in [0.717, 1.165) is 11.3 Å². The molecule has 0 bridgehead atoms. The number of hydrogen-bond acceptors (Lipinski definition) is 2. The van der Waals surface area contributed by atoms with Gasteiger partial charge in [-0.15, -0.1) is 0 Å². The standard InChI is InChI=1S/C17H16O2/c1-2-19-16-10-6-7-14(13-16)11-12-17(18)15-8-4-3-5-9-15/h3-13H,2H2,1H3. The monoisotopic (exact) mass is 252 g/mol. The first-order valence-corrected chi connectivity index (χ1v) is 6.30. The number of carbonyl (C=O) groups excluding carboxylic acids is 1. The fourth-order valence-electron chi connectivity index (χ4n) is 1.75. The zero-order valence-electron chi connectivity index (χ0n) is 10.9. The highest BCUT2D eigenvalue weighted by atomic mass is 16.5. The van der Waals surface area contributed by atoms with Crippen LogP contribution in [0.1, 0.15) is 22.8 Å². The van der Waals surface area contributed by atoms with E-state index in [1.165, 1.54) is 0 Å². The van der Waals surface area contributed by atoms with E-state index in [1.54, 1.807) is 12.2 Å². The molecular formula is C17H16O2. The lowest BCUT2D eigenvalue weighted by atomic mass is 10.1.